The second kappa shape index (κ2) is 6.35. The highest BCUT2D eigenvalue weighted by Crippen LogP contribution is 2.33. The molecule has 5 heteroatoms. The number of ether oxygens (including phenoxy) is 1. The van der Waals surface area contributed by atoms with Crippen LogP contribution in [0, 0.1) is 0 Å². The number of fused-ring (bicyclic) bond motifs is 1. The number of benzene rings is 2. The Morgan fingerprint density at radius 3 is 2.58 bits per heavy atom. The highest BCUT2D eigenvalue weighted by atomic mass is 16.5. The second-order valence-electron chi connectivity index (χ2n) is 5.99. The molecule has 0 radical (unpaired) electrons. The van der Waals surface area contributed by atoms with Crippen LogP contribution in [0.15, 0.2) is 42.5 Å². The molecule has 1 heterocycles. The van der Waals surface area contributed by atoms with Gasteiger partial charge in [0.05, 0.1) is 12.2 Å². The number of ketones is 1. The maximum atomic E-state index is 13.0. The predicted octanol–water partition coefficient (Wildman–Crippen LogP) is 2.99. The smallest absolute Gasteiger partial charge is 0.258 e. The quantitative estimate of drug-likeness (QED) is 0.815. The number of carbonyl (C=O) groups excluding carboxylic acids is 2. The van der Waals surface area contributed by atoms with Gasteiger partial charge in [0, 0.05) is 30.9 Å². The lowest BCUT2D eigenvalue weighted by molar-refractivity contribution is 0.0973. The summed E-state index contributed by atoms with van der Waals surface area (Å²) in [6, 6.07) is 12.7. The number of nitrogens with zero attached hydrogens (tertiary/aromatic N) is 2. The summed E-state index contributed by atoms with van der Waals surface area (Å²) in [5, 5.41) is 0. The van der Waals surface area contributed by atoms with E-state index in [1.54, 1.807) is 29.2 Å². The molecule has 0 saturated carbocycles. The summed E-state index contributed by atoms with van der Waals surface area (Å²) in [4.78, 5) is 28.3. The fraction of sp³-hybridized carbons (Fsp3) is 0.263. The number of anilines is 2. The van der Waals surface area contributed by atoms with Crippen molar-refractivity contribution in [2.45, 2.75) is 6.92 Å². The average Bonchev–Trinajstić information content (AvgIpc) is 2.60. The SMILES string of the molecule is CC(=O)c1ccc2c(c1)N(C(=O)c1cccc(N(C)C)c1)CCO2. The molecule has 1 aliphatic rings. The maximum absolute atomic E-state index is 13.0. The summed E-state index contributed by atoms with van der Waals surface area (Å²) in [5.41, 5.74) is 2.79. The number of amides is 1. The zero-order valence-electron chi connectivity index (χ0n) is 14.1. The van der Waals surface area contributed by atoms with E-state index in [1.165, 1.54) is 6.92 Å². The van der Waals surface area contributed by atoms with Crippen LogP contribution in [-0.2, 0) is 0 Å². The van der Waals surface area contributed by atoms with Crippen molar-refractivity contribution >= 4 is 23.1 Å². The Bertz CT molecular complexity index is 799. The van der Waals surface area contributed by atoms with Crippen molar-refractivity contribution in [2.24, 2.45) is 0 Å². The first-order valence-electron chi connectivity index (χ1n) is 7.84. The van der Waals surface area contributed by atoms with Gasteiger partial charge in [-0.2, -0.15) is 0 Å². The number of carbonyl (C=O) groups is 2. The van der Waals surface area contributed by atoms with Crippen molar-refractivity contribution in [3.05, 3.63) is 53.6 Å². The van der Waals surface area contributed by atoms with Crippen molar-refractivity contribution in [3.8, 4) is 5.75 Å². The fourth-order valence-electron chi connectivity index (χ4n) is 2.72. The minimum atomic E-state index is -0.0936. The van der Waals surface area contributed by atoms with Crippen LogP contribution < -0.4 is 14.5 Å². The standard InChI is InChI=1S/C19H20N2O3/c1-13(22)14-7-8-18-17(12-14)21(9-10-24-18)19(23)15-5-4-6-16(11-15)20(2)3/h4-8,11-12H,9-10H2,1-3H3. The van der Waals surface area contributed by atoms with Crippen molar-refractivity contribution < 1.29 is 14.3 Å². The van der Waals surface area contributed by atoms with Gasteiger partial charge in [-0.05, 0) is 43.3 Å². The Morgan fingerprint density at radius 1 is 1.08 bits per heavy atom. The van der Waals surface area contributed by atoms with Gasteiger partial charge in [-0.3, -0.25) is 9.59 Å². The molecule has 1 aliphatic heterocycles. The molecule has 0 saturated heterocycles. The summed E-state index contributed by atoms with van der Waals surface area (Å²) in [5.74, 6) is 0.498. The van der Waals surface area contributed by atoms with Crippen molar-refractivity contribution in [3.63, 3.8) is 0 Å². The van der Waals surface area contributed by atoms with E-state index in [-0.39, 0.29) is 11.7 Å². The summed E-state index contributed by atoms with van der Waals surface area (Å²) in [6.07, 6.45) is 0. The van der Waals surface area contributed by atoms with E-state index >= 15 is 0 Å². The van der Waals surface area contributed by atoms with E-state index < -0.39 is 0 Å². The van der Waals surface area contributed by atoms with E-state index in [2.05, 4.69) is 0 Å². The molecule has 0 aliphatic carbocycles. The van der Waals surface area contributed by atoms with E-state index in [4.69, 9.17) is 4.74 Å². The van der Waals surface area contributed by atoms with Crippen molar-refractivity contribution in [1.82, 2.24) is 0 Å². The van der Waals surface area contributed by atoms with Crippen LogP contribution in [0.1, 0.15) is 27.6 Å². The molecule has 0 N–H and O–H groups in total. The molecule has 0 fully saturated rings. The molecule has 0 bridgehead atoms. The summed E-state index contributed by atoms with van der Waals surface area (Å²) in [6.45, 7) is 2.41. The molecule has 3 rings (SSSR count). The molecule has 0 unspecified atom stereocenters. The van der Waals surface area contributed by atoms with Gasteiger partial charge in [0.1, 0.15) is 12.4 Å². The zero-order valence-corrected chi connectivity index (χ0v) is 14.1. The molecular formula is C19H20N2O3. The first-order chi connectivity index (χ1) is 11.5. The number of hydrogen-bond acceptors (Lipinski definition) is 4. The highest BCUT2D eigenvalue weighted by molar-refractivity contribution is 6.08. The monoisotopic (exact) mass is 324 g/mol. The zero-order chi connectivity index (χ0) is 17.3. The van der Waals surface area contributed by atoms with Crippen LogP contribution >= 0.6 is 0 Å². The van der Waals surface area contributed by atoms with Gasteiger partial charge in [0.2, 0.25) is 0 Å². The van der Waals surface area contributed by atoms with Gasteiger partial charge in [0.15, 0.2) is 5.78 Å². The molecule has 0 aromatic heterocycles. The Hall–Kier alpha value is -2.82. The van der Waals surface area contributed by atoms with Crippen LogP contribution in [-0.4, -0.2) is 38.9 Å². The molecule has 1 amide bonds. The Labute approximate surface area is 141 Å². The molecule has 24 heavy (non-hydrogen) atoms. The lowest BCUT2D eigenvalue weighted by Crippen LogP contribution is -2.38. The Balaban J connectivity index is 1.99. The fourth-order valence-corrected chi connectivity index (χ4v) is 2.72. The number of Topliss-reactive ketones (excluding diaryl/α,β-unsaturated/α-hetero) is 1. The van der Waals surface area contributed by atoms with Gasteiger partial charge in [-0.1, -0.05) is 6.07 Å². The first-order valence-corrected chi connectivity index (χ1v) is 7.84. The molecule has 2 aromatic rings. The number of hydrogen-bond donors (Lipinski definition) is 0. The summed E-state index contributed by atoms with van der Waals surface area (Å²) < 4.78 is 5.62. The molecular weight excluding hydrogens is 304 g/mol. The van der Waals surface area contributed by atoms with E-state index in [1.807, 2.05) is 37.2 Å². The second-order valence-corrected chi connectivity index (χ2v) is 5.99. The van der Waals surface area contributed by atoms with Crippen molar-refractivity contribution in [2.75, 3.05) is 37.0 Å². The molecule has 2 aromatic carbocycles. The lowest BCUT2D eigenvalue weighted by Gasteiger charge is -2.30. The van der Waals surface area contributed by atoms with E-state index in [0.29, 0.717) is 35.7 Å². The van der Waals surface area contributed by atoms with Gasteiger partial charge >= 0.3 is 0 Å². The Morgan fingerprint density at radius 2 is 1.88 bits per heavy atom. The molecule has 124 valence electrons. The van der Waals surface area contributed by atoms with E-state index in [0.717, 1.165) is 5.69 Å². The third kappa shape index (κ3) is 2.97. The normalized spacial score (nSPS) is 13.0. The lowest BCUT2D eigenvalue weighted by atomic mass is 10.1. The van der Waals surface area contributed by atoms with Gasteiger partial charge in [-0.25, -0.2) is 0 Å². The third-order valence-electron chi connectivity index (χ3n) is 4.08. The van der Waals surface area contributed by atoms with Crippen LogP contribution in [0.2, 0.25) is 0 Å². The highest BCUT2D eigenvalue weighted by Gasteiger charge is 2.25. The topological polar surface area (TPSA) is 49.9 Å². The summed E-state index contributed by atoms with van der Waals surface area (Å²) in [7, 11) is 3.87. The summed E-state index contributed by atoms with van der Waals surface area (Å²) >= 11 is 0. The molecule has 0 spiro atoms. The Kier molecular flexibility index (Phi) is 4.25. The average molecular weight is 324 g/mol. The third-order valence-corrected chi connectivity index (χ3v) is 4.08. The number of rotatable bonds is 3. The van der Waals surface area contributed by atoms with Gasteiger partial charge in [0.25, 0.3) is 5.91 Å². The van der Waals surface area contributed by atoms with E-state index in [9.17, 15) is 9.59 Å². The molecule has 0 atom stereocenters. The van der Waals surface area contributed by atoms with Crippen molar-refractivity contribution in [1.29, 1.82) is 0 Å². The maximum Gasteiger partial charge on any atom is 0.258 e. The minimum Gasteiger partial charge on any atom is -0.490 e. The van der Waals surface area contributed by atoms with Gasteiger partial charge < -0.3 is 14.5 Å². The van der Waals surface area contributed by atoms with Gasteiger partial charge in [-0.15, -0.1) is 0 Å². The van der Waals surface area contributed by atoms with Crippen LogP contribution in [0.5, 0.6) is 5.75 Å². The first kappa shape index (κ1) is 16.1. The largest absolute Gasteiger partial charge is 0.490 e. The van der Waals surface area contributed by atoms with Crippen LogP contribution in [0.3, 0.4) is 0 Å². The van der Waals surface area contributed by atoms with Crippen LogP contribution in [0.4, 0.5) is 11.4 Å². The van der Waals surface area contributed by atoms with Crippen LogP contribution in [0.25, 0.3) is 0 Å². The minimum absolute atomic E-state index is 0.0367. The molecule has 5 nitrogen and oxygen atoms in total. The predicted molar refractivity (Wildman–Crippen MR) is 94.4 cm³/mol.